The van der Waals surface area contributed by atoms with Crippen molar-refractivity contribution in [3.8, 4) is 34.2 Å². The maximum absolute atomic E-state index is 6.18. The van der Waals surface area contributed by atoms with Gasteiger partial charge in [-0.05, 0) is 39.7 Å². The van der Waals surface area contributed by atoms with Crippen LogP contribution in [0.4, 0.5) is 0 Å². The quantitative estimate of drug-likeness (QED) is 0.218. The summed E-state index contributed by atoms with van der Waals surface area (Å²) < 4.78 is 2.46. The molecule has 6 aromatic carbocycles. The first-order chi connectivity index (χ1) is 19.7. The second-order valence-electron chi connectivity index (χ2n) is 9.94. The first kappa shape index (κ1) is 23.1. The number of fused-ring (bicyclic) bond motifs is 5. The van der Waals surface area contributed by atoms with Gasteiger partial charge in [-0.15, -0.1) is 11.3 Å². The second kappa shape index (κ2) is 9.11. The molecule has 0 N–H and O–H groups in total. The highest BCUT2D eigenvalue weighted by Crippen LogP contribution is 2.43. The fourth-order valence-electron chi connectivity index (χ4n) is 5.53. The first-order valence-corrected chi connectivity index (χ1v) is 14.0. The van der Waals surface area contributed by atoms with Gasteiger partial charge in [0.2, 0.25) is 0 Å². The Balaban J connectivity index is 1.49. The predicted octanol–water partition coefficient (Wildman–Crippen LogP) is 8.34. The van der Waals surface area contributed by atoms with Gasteiger partial charge in [-0.25, -0.2) is 15.0 Å². The van der Waals surface area contributed by atoms with E-state index in [0.29, 0.717) is 22.9 Å². The van der Waals surface area contributed by atoms with Crippen molar-refractivity contribution in [2.75, 3.05) is 0 Å². The Morgan fingerprint density at radius 2 is 1.15 bits per heavy atom. The minimum Gasteiger partial charge on any atom is -0.208 e. The van der Waals surface area contributed by atoms with E-state index >= 15 is 0 Å². The average molecular weight is 525 g/mol. The topological polar surface area (TPSA) is 38.7 Å². The van der Waals surface area contributed by atoms with Crippen molar-refractivity contribution in [1.29, 1.82) is 0 Å². The van der Waals surface area contributed by atoms with Crippen LogP contribution in [0.25, 0.3) is 75.9 Å². The molecule has 0 saturated carbocycles. The molecule has 0 atom stereocenters. The molecule has 3 nitrogen and oxygen atoms in total. The van der Waals surface area contributed by atoms with Gasteiger partial charge in [-0.2, -0.15) is 0 Å². The van der Waals surface area contributed by atoms with Crippen molar-refractivity contribution in [3.05, 3.63) is 121 Å². The molecule has 2 aromatic heterocycles. The normalized spacial score (nSPS) is 11.6. The van der Waals surface area contributed by atoms with Crippen molar-refractivity contribution in [2.45, 2.75) is 0 Å². The van der Waals surface area contributed by atoms with E-state index in [9.17, 15) is 0 Å². The van der Waals surface area contributed by atoms with Crippen LogP contribution in [0.1, 0.15) is 0 Å². The lowest BCUT2D eigenvalue weighted by atomic mass is 9.94. The van der Waals surface area contributed by atoms with E-state index in [1.807, 2.05) is 24.3 Å². The molecule has 184 valence electrons. The van der Waals surface area contributed by atoms with Crippen LogP contribution in [0.3, 0.4) is 0 Å². The molecule has 5 heteroatoms. The Morgan fingerprint density at radius 3 is 1.98 bits per heavy atom. The third kappa shape index (κ3) is 3.78. The summed E-state index contributed by atoms with van der Waals surface area (Å²) in [5, 5.41) is 6.98. The molecular weight excluding hydrogens is 505 g/mol. The molecule has 40 heavy (non-hydrogen) atoms. The highest BCUT2D eigenvalue weighted by Gasteiger charge is 2.20. The van der Waals surface area contributed by atoms with Crippen molar-refractivity contribution >= 4 is 66.4 Å². The van der Waals surface area contributed by atoms with Crippen molar-refractivity contribution in [3.63, 3.8) is 0 Å². The highest BCUT2D eigenvalue weighted by atomic mass is 32.1. The molecule has 8 rings (SSSR count). The van der Waals surface area contributed by atoms with Crippen LogP contribution in [0.15, 0.2) is 121 Å². The van der Waals surface area contributed by atoms with Crippen LogP contribution in [-0.2, 0) is 0 Å². The van der Waals surface area contributed by atoms with Gasteiger partial charge in [-0.1, -0.05) is 109 Å². The van der Waals surface area contributed by atoms with Crippen LogP contribution < -0.4 is 5.46 Å². The number of thiophene rings is 1. The summed E-state index contributed by atoms with van der Waals surface area (Å²) in [6.07, 6.45) is 0. The zero-order chi connectivity index (χ0) is 26.6. The van der Waals surface area contributed by atoms with Crippen LogP contribution in [-0.4, -0.2) is 22.8 Å². The van der Waals surface area contributed by atoms with Crippen molar-refractivity contribution < 1.29 is 0 Å². The summed E-state index contributed by atoms with van der Waals surface area (Å²) in [5.41, 5.74) is 3.50. The van der Waals surface area contributed by atoms with E-state index in [-0.39, 0.29) is 0 Å². The minimum absolute atomic E-state index is 0.598. The van der Waals surface area contributed by atoms with Gasteiger partial charge in [0.1, 0.15) is 7.85 Å². The van der Waals surface area contributed by atoms with Crippen LogP contribution >= 0.6 is 11.3 Å². The zero-order valence-corrected chi connectivity index (χ0v) is 22.2. The average Bonchev–Trinajstić information content (AvgIpc) is 3.37. The number of nitrogens with zero attached hydrogens (tertiary/aromatic N) is 3. The van der Waals surface area contributed by atoms with E-state index in [1.54, 1.807) is 11.3 Å². The third-order valence-corrected chi connectivity index (χ3v) is 8.52. The number of hydrogen-bond donors (Lipinski definition) is 0. The van der Waals surface area contributed by atoms with Gasteiger partial charge >= 0.3 is 0 Å². The monoisotopic (exact) mass is 525 g/mol. The van der Waals surface area contributed by atoms with Crippen molar-refractivity contribution in [1.82, 2.24) is 15.0 Å². The maximum Gasteiger partial charge on any atom is 0.165 e. The predicted molar refractivity (Wildman–Crippen MR) is 169 cm³/mol. The van der Waals surface area contributed by atoms with Gasteiger partial charge in [0.05, 0.1) is 0 Å². The molecule has 0 aliphatic heterocycles. The molecular formula is C35H20BN3S. The Hall–Kier alpha value is -4.87. The molecule has 0 spiro atoms. The summed E-state index contributed by atoms with van der Waals surface area (Å²) in [7, 11) is 6.18. The van der Waals surface area contributed by atoms with E-state index in [4.69, 9.17) is 22.8 Å². The second-order valence-corrected chi connectivity index (χ2v) is 11.0. The zero-order valence-electron chi connectivity index (χ0n) is 21.4. The molecule has 8 aromatic rings. The lowest BCUT2D eigenvalue weighted by molar-refractivity contribution is 1.08. The van der Waals surface area contributed by atoms with Gasteiger partial charge in [0.25, 0.3) is 0 Å². The number of hydrogen-bond acceptors (Lipinski definition) is 4. The van der Waals surface area contributed by atoms with E-state index < -0.39 is 0 Å². The molecule has 0 aliphatic rings. The van der Waals surface area contributed by atoms with Crippen LogP contribution in [0.2, 0.25) is 0 Å². The van der Waals surface area contributed by atoms with Crippen LogP contribution in [0, 0.1) is 0 Å². The number of rotatable bonds is 3. The molecule has 0 fully saturated rings. The Labute approximate surface area is 236 Å². The Morgan fingerprint density at radius 1 is 0.475 bits per heavy atom. The molecule has 0 aliphatic carbocycles. The molecule has 0 saturated heterocycles. The maximum atomic E-state index is 6.18. The first-order valence-electron chi connectivity index (χ1n) is 13.2. The number of aromatic nitrogens is 3. The summed E-state index contributed by atoms with van der Waals surface area (Å²) in [5.74, 6) is 1.89. The fourth-order valence-corrected chi connectivity index (χ4v) is 6.70. The van der Waals surface area contributed by atoms with E-state index in [2.05, 4.69) is 97.1 Å². The largest absolute Gasteiger partial charge is 0.208 e. The van der Waals surface area contributed by atoms with E-state index in [1.165, 1.54) is 25.6 Å². The minimum atomic E-state index is 0.598. The Kier molecular flexibility index (Phi) is 5.25. The van der Waals surface area contributed by atoms with Crippen molar-refractivity contribution in [2.24, 2.45) is 0 Å². The SMILES string of the molecule is [B]c1cccc(-c2nc(-c3ccc4ccccc4c3)nc(-c3c4ccccc4cc4sc5ccccc5c34)n2)c1. The molecule has 2 radical (unpaired) electrons. The highest BCUT2D eigenvalue weighted by molar-refractivity contribution is 7.26. The lowest BCUT2D eigenvalue weighted by Crippen LogP contribution is -2.04. The van der Waals surface area contributed by atoms with Gasteiger partial charge in [-0.3, -0.25) is 0 Å². The Bertz CT molecular complexity index is 2250. The summed E-state index contributed by atoms with van der Waals surface area (Å²) in [4.78, 5) is 15.3. The smallest absolute Gasteiger partial charge is 0.165 e. The number of benzene rings is 6. The summed E-state index contributed by atoms with van der Waals surface area (Å²) >= 11 is 1.80. The van der Waals surface area contributed by atoms with Gasteiger partial charge in [0, 0.05) is 36.9 Å². The van der Waals surface area contributed by atoms with E-state index in [0.717, 1.165) is 32.8 Å². The van der Waals surface area contributed by atoms with Gasteiger partial charge in [0.15, 0.2) is 17.5 Å². The standard InChI is InChI=1S/C35H20BN3S/c36-26-12-7-11-24(19-26)33-37-34(25-17-16-21-8-1-2-9-22(21)18-25)39-35(38-33)32-27-13-4-3-10-23(27)20-30-31(32)28-14-5-6-15-29(28)40-30/h1-20H. The molecule has 0 amide bonds. The molecule has 2 heterocycles. The molecule has 0 unspecified atom stereocenters. The lowest BCUT2D eigenvalue weighted by Gasteiger charge is -2.12. The fraction of sp³-hybridized carbons (Fsp3) is 0. The third-order valence-electron chi connectivity index (χ3n) is 7.40. The summed E-state index contributed by atoms with van der Waals surface area (Å²) in [6, 6.07) is 41.8. The van der Waals surface area contributed by atoms with Crippen LogP contribution in [0.5, 0.6) is 0 Å². The molecule has 0 bridgehead atoms. The summed E-state index contributed by atoms with van der Waals surface area (Å²) in [6.45, 7) is 0. The van der Waals surface area contributed by atoms with Gasteiger partial charge < -0.3 is 0 Å².